The number of anilines is 2. The number of nitrogens with one attached hydrogen (secondary N) is 1. The second-order valence-corrected chi connectivity index (χ2v) is 5.16. The van der Waals surface area contributed by atoms with Crippen molar-refractivity contribution in [3.8, 4) is 0 Å². The first-order valence-corrected chi connectivity index (χ1v) is 6.81. The smallest absolute Gasteiger partial charge is 0.238 e. The van der Waals surface area contributed by atoms with Crippen molar-refractivity contribution in [3.05, 3.63) is 23.2 Å². The van der Waals surface area contributed by atoms with Gasteiger partial charge in [-0.25, -0.2) is 0 Å². The van der Waals surface area contributed by atoms with E-state index >= 15 is 0 Å². The molecule has 7 nitrogen and oxygen atoms in total. The largest absolute Gasteiger partial charge is 0.397 e. The summed E-state index contributed by atoms with van der Waals surface area (Å²) in [5.41, 5.74) is 11.9. The minimum absolute atomic E-state index is 0.0551. The highest BCUT2D eigenvalue weighted by atomic mass is 35.5. The molecule has 0 saturated carbocycles. The van der Waals surface area contributed by atoms with Gasteiger partial charge in [0.05, 0.1) is 30.5 Å². The summed E-state index contributed by atoms with van der Waals surface area (Å²) in [6.45, 7) is 1.20. The fourth-order valence-electron chi connectivity index (χ4n) is 2.10. The van der Waals surface area contributed by atoms with Crippen molar-refractivity contribution >= 4 is 34.8 Å². The SMILES string of the molecule is NC(=O)C1COCCN1CC(=O)Nc1ccc(Cl)c(N)c1. The molecule has 2 amide bonds. The number of halogens is 1. The topological polar surface area (TPSA) is 111 Å². The zero-order valence-electron chi connectivity index (χ0n) is 11.3. The molecule has 1 unspecified atom stereocenters. The van der Waals surface area contributed by atoms with E-state index in [0.29, 0.717) is 29.5 Å². The van der Waals surface area contributed by atoms with Gasteiger partial charge in [-0.05, 0) is 18.2 Å². The van der Waals surface area contributed by atoms with Gasteiger partial charge in [-0.1, -0.05) is 11.6 Å². The third kappa shape index (κ3) is 4.07. The van der Waals surface area contributed by atoms with Gasteiger partial charge >= 0.3 is 0 Å². The lowest BCUT2D eigenvalue weighted by Gasteiger charge is -2.32. The molecule has 5 N–H and O–H groups in total. The zero-order chi connectivity index (χ0) is 15.4. The van der Waals surface area contributed by atoms with Gasteiger partial charge in [-0.3, -0.25) is 14.5 Å². The van der Waals surface area contributed by atoms with E-state index in [1.54, 1.807) is 23.1 Å². The van der Waals surface area contributed by atoms with Crippen molar-refractivity contribution in [3.63, 3.8) is 0 Å². The minimum atomic E-state index is -0.584. The summed E-state index contributed by atoms with van der Waals surface area (Å²) in [7, 11) is 0. The monoisotopic (exact) mass is 312 g/mol. The Morgan fingerprint density at radius 2 is 2.24 bits per heavy atom. The van der Waals surface area contributed by atoms with Crippen molar-refractivity contribution in [1.82, 2.24) is 4.90 Å². The lowest BCUT2D eigenvalue weighted by atomic mass is 10.2. The summed E-state index contributed by atoms with van der Waals surface area (Å²) in [6, 6.07) is 4.25. The van der Waals surface area contributed by atoms with E-state index in [-0.39, 0.29) is 19.1 Å². The Bertz CT molecular complexity index is 552. The van der Waals surface area contributed by atoms with E-state index in [9.17, 15) is 9.59 Å². The molecular weight excluding hydrogens is 296 g/mol. The molecule has 0 radical (unpaired) electrons. The molecule has 2 rings (SSSR count). The van der Waals surface area contributed by atoms with Crippen LogP contribution in [0.5, 0.6) is 0 Å². The molecule has 1 heterocycles. The molecule has 0 aromatic heterocycles. The molecule has 8 heteroatoms. The van der Waals surface area contributed by atoms with Crippen molar-refractivity contribution in [1.29, 1.82) is 0 Å². The molecule has 1 aliphatic rings. The van der Waals surface area contributed by atoms with Crippen LogP contribution in [0, 0.1) is 0 Å². The predicted molar refractivity (Wildman–Crippen MR) is 79.9 cm³/mol. The predicted octanol–water partition coefficient (Wildman–Crippen LogP) is 0.0468. The quantitative estimate of drug-likeness (QED) is 0.680. The second kappa shape index (κ2) is 6.75. The Morgan fingerprint density at radius 3 is 2.90 bits per heavy atom. The number of amides is 2. The zero-order valence-corrected chi connectivity index (χ0v) is 12.1. The number of ether oxygens (including phenoxy) is 1. The summed E-state index contributed by atoms with van der Waals surface area (Å²) in [5, 5.41) is 3.13. The normalized spacial score (nSPS) is 19.2. The molecule has 1 fully saturated rings. The Labute approximate surface area is 127 Å². The summed E-state index contributed by atoms with van der Waals surface area (Å²) in [5.74, 6) is -0.761. The van der Waals surface area contributed by atoms with E-state index < -0.39 is 11.9 Å². The maximum absolute atomic E-state index is 12.0. The van der Waals surface area contributed by atoms with Gasteiger partial charge in [0.2, 0.25) is 11.8 Å². The lowest BCUT2D eigenvalue weighted by molar-refractivity contribution is -0.131. The molecule has 0 bridgehead atoms. The number of primary amides is 1. The number of hydrogen-bond donors (Lipinski definition) is 3. The molecule has 1 saturated heterocycles. The summed E-state index contributed by atoms with van der Waals surface area (Å²) >= 11 is 5.82. The molecule has 1 aromatic carbocycles. The number of hydrogen-bond acceptors (Lipinski definition) is 5. The Hall–Kier alpha value is -1.83. The van der Waals surface area contributed by atoms with E-state index in [1.807, 2.05) is 0 Å². The van der Waals surface area contributed by atoms with Crippen LogP contribution in [-0.2, 0) is 14.3 Å². The third-order valence-electron chi connectivity index (χ3n) is 3.19. The average Bonchev–Trinajstić information content (AvgIpc) is 2.43. The first-order chi connectivity index (χ1) is 9.97. The molecule has 1 aromatic rings. The number of carbonyl (C=O) groups excluding carboxylic acids is 2. The van der Waals surface area contributed by atoms with Gasteiger partial charge in [0.25, 0.3) is 0 Å². The summed E-state index contributed by atoms with van der Waals surface area (Å²) in [4.78, 5) is 25.0. The maximum atomic E-state index is 12.0. The van der Waals surface area contributed by atoms with Crippen molar-refractivity contribution < 1.29 is 14.3 Å². The van der Waals surface area contributed by atoms with Gasteiger partial charge < -0.3 is 21.5 Å². The molecule has 1 aliphatic heterocycles. The number of nitrogens with two attached hydrogens (primary N) is 2. The van der Waals surface area contributed by atoms with E-state index in [1.165, 1.54) is 0 Å². The Kier molecular flexibility index (Phi) is 5.00. The van der Waals surface area contributed by atoms with Crippen LogP contribution >= 0.6 is 11.6 Å². The van der Waals surface area contributed by atoms with Crippen molar-refractivity contribution in [2.24, 2.45) is 5.73 Å². The molecule has 0 aliphatic carbocycles. The van der Waals surface area contributed by atoms with Gasteiger partial charge in [-0.15, -0.1) is 0 Å². The Morgan fingerprint density at radius 1 is 1.48 bits per heavy atom. The van der Waals surface area contributed by atoms with Crippen molar-refractivity contribution in [2.75, 3.05) is 37.4 Å². The first-order valence-electron chi connectivity index (χ1n) is 6.43. The van der Waals surface area contributed by atoms with Crippen LogP contribution in [0.25, 0.3) is 0 Å². The third-order valence-corrected chi connectivity index (χ3v) is 3.54. The number of nitrogen functional groups attached to an aromatic ring is 1. The molecule has 0 spiro atoms. The highest BCUT2D eigenvalue weighted by Gasteiger charge is 2.28. The maximum Gasteiger partial charge on any atom is 0.238 e. The molecule has 21 heavy (non-hydrogen) atoms. The van der Waals surface area contributed by atoms with Crippen LogP contribution in [0.4, 0.5) is 11.4 Å². The second-order valence-electron chi connectivity index (χ2n) is 4.75. The van der Waals surface area contributed by atoms with Crippen LogP contribution in [0.3, 0.4) is 0 Å². The van der Waals surface area contributed by atoms with Crippen LogP contribution in [0.2, 0.25) is 5.02 Å². The molecule has 114 valence electrons. The fourth-order valence-corrected chi connectivity index (χ4v) is 2.21. The number of nitrogens with zero attached hydrogens (tertiary/aromatic N) is 1. The summed E-state index contributed by atoms with van der Waals surface area (Å²) < 4.78 is 5.20. The van der Waals surface area contributed by atoms with Gasteiger partial charge in [0.1, 0.15) is 6.04 Å². The van der Waals surface area contributed by atoms with Crippen LogP contribution in [0.1, 0.15) is 0 Å². The highest BCUT2D eigenvalue weighted by molar-refractivity contribution is 6.33. The number of carbonyl (C=O) groups is 2. The summed E-state index contributed by atoms with van der Waals surface area (Å²) in [6.07, 6.45) is 0. The highest BCUT2D eigenvalue weighted by Crippen LogP contribution is 2.22. The number of rotatable bonds is 4. The van der Waals surface area contributed by atoms with Gasteiger partial charge in [0.15, 0.2) is 0 Å². The van der Waals surface area contributed by atoms with E-state index in [0.717, 1.165) is 0 Å². The lowest BCUT2D eigenvalue weighted by Crippen LogP contribution is -2.54. The van der Waals surface area contributed by atoms with Gasteiger partial charge in [-0.2, -0.15) is 0 Å². The average molecular weight is 313 g/mol. The first kappa shape index (κ1) is 15.6. The molecule has 1 atom stereocenters. The molecular formula is C13H17ClN4O3. The fraction of sp³-hybridized carbons (Fsp3) is 0.385. The van der Waals surface area contributed by atoms with Crippen LogP contribution in [0.15, 0.2) is 18.2 Å². The number of morpholine rings is 1. The van der Waals surface area contributed by atoms with E-state index in [2.05, 4.69) is 5.32 Å². The van der Waals surface area contributed by atoms with Crippen LogP contribution in [-0.4, -0.2) is 49.1 Å². The Balaban J connectivity index is 1.97. The van der Waals surface area contributed by atoms with Gasteiger partial charge in [0, 0.05) is 12.2 Å². The minimum Gasteiger partial charge on any atom is -0.397 e. The van der Waals surface area contributed by atoms with Crippen molar-refractivity contribution in [2.45, 2.75) is 6.04 Å². The van der Waals surface area contributed by atoms with Crippen LogP contribution < -0.4 is 16.8 Å². The van der Waals surface area contributed by atoms with E-state index in [4.69, 9.17) is 27.8 Å². The number of benzene rings is 1. The standard InChI is InChI=1S/C13H17ClN4O3/c14-9-2-1-8(5-10(9)15)17-12(19)6-18-3-4-21-7-11(18)13(16)20/h1-2,5,11H,3-4,6-7,15H2,(H2,16,20)(H,17,19).